The van der Waals surface area contributed by atoms with Crippen LogP contribution in [-0.2, 0) is 15.7 Å². The number of aromatic nitrogens is 4. The van der Waals surface area contributed by atoms with Crippen LogP contribution in [0, 0.1) is 0 Å². The Labute approximate surface area is 379 Å². The van der Waals surface area contributed by atoms with Crippen molar-refractivity contribution in [3.05, 3.63) is 216 Å². The van der Waals surface area contributed by atoms with E-state index in [0.717, 1.165) is 52.0 Å². The summed E-state index contributed by atoms with van der Waals surface area (Å²) in [6.45, 7) is 2.75. The molecule has 65 heavy (non-hydrogen) atoms. The summed E-state index contributed by atoms with van der Waals surface area (Å²) in [5, 5.41) is 33.4. The van der Waals surface area contributed by atoms with E-state index in [1.807, 2.05) is 138 Å². The van der Waals surface area contributed by atoms with Gasteiger partial charge in [-0.3, -0.25) is 4.57 Å². The molecule has 9 rings (SSSR count). The summed E-state index contributed by atoms with van der Waals surface area (Å²) < 4.78 is 20.1. The molecule has 8 aromatic rings. The van der Waals surface area contributed by atoms with E-state index in [9.17, 15) is 10.2 Å². The van der Waals surface area contributed by atoms with E-state index in [1.165, 1.54) is 6.33 Å². The zero-order valence-electron chi connectivity index (χ0n) is 36.7. The number of aliphatic hydroxyl groups excluding tert-OH is 2. The lowest BCUT2D eigenvalue weighted by Gasteiger charge is -2.43. The van der Waals surface area contributed by atoms with Crippen LogP contribution in [0.15, 0.2) is 183 Å². The van der Waals surface area contributed by atoms with Crippen molar-refractivity contribution in [2.75, 3.05) is 26.1 Å². The molecule has 1 saturated heterocycles. The maximum Gasteiger partial charge on any atom is 0.167 e. The lowest BCUT2D eigenvalue weighted by molar-refractivity contribution is -0.0962. The summed E-state index contributed by atoms with van der Waals surface area (Å²) in [4.78, 5) is 14.6. The number of nitrogens with one attached hydrogen (secondary N) is 2. The third-order valence-electron chi connectivity index (χ3n) is 12.9. The van der Waals surface area contributed by atoms with Gasteiger partial charge in [-0.2, -0.15) is 0 Å². The number of unbranched alkanes of at least 4 members (excludes halogenated alkanes) is 1. The van der Waals surface area contributed by atoms with Crippen LogP contribution < -0.4 is 20.1 Å². The predicted octanol–water partition coefficient (Wildman–Crippen LogP) is 8.66. The highest BCUT2D eigenvalue weighted by molar-refractivity contribution is 5.84. The number of anilines is 1. The normalized spacial score (nSPS) is 18.0. The number of fused-ring (bicyclic) bond motifs is 1. The molecule has 4 N–H and O–H groups in total. The fourth-order valence-corrected chi connectivity index (χ4v) is 9.62. The first-order valence-electron chi connectivity index (χ1n) is 22.2. The van der Waals surface area contributed by atoms with Gasteiger partial charge < -0.3 is 35.1 Å². The van der Waals surface area contributed by atoms with Crippen molar-refractivity contribution in [1.82, 2.24) is 24.8 Å². The predicted molar refractivity (Wildman–Crippen MR) is 253 cm³/mol. The number of hydrogen-bond donors (Lipinski definition) is 4. The lowest BCUT2D eigenvalue weighted by Crippen LogP contribution is -2.53. The minimum absolute atomic E-state index is 0.495. The Morgan fingerprint density at radius 1 is 0.646 bits per heavy atom. The Bertz CT molecular complexity index is 2680. The molecule has 2 unspecified atom stereocenters. The Balaban J connectivity index is 1.17. The van der Waals surface area contributed by atoms with E-state index in [2.05, 4.69) is 54.0 Å². The van der Waals surface area contributed by atoms with Gasteiger partial charge in [-0.25, -0.2) is 15.0 Å². The first-order valence-corrected chi connectivity index (χ1v) is 22.2. The molecule has 1 aliphatic heterocycles. The molecule has 2 aromatic heterocycles. The Kier molecular flexibility index (Phi) is 12.7. The number of ether oxygens (including phenoxy) is 3. The van der Waals surface area contributed by atoms with E-state index in [0.29, 0.717) is 29.3 Å². The van der Waals surface area contributed by atoms with Crippen molar-refractivity contribution in [3.63, 3.8) is 0 Å². The maximum absolute atomic E-state index is 13.3. The summed E-state index contributed by atoms with van der Waals surface area (Å²) in [6.07, 6.45) is 0.671. The van der Waals surface area contributed by atoms with Crippen molar-refractivity contribution in [2.45, 2.75) is 61.3 Å². The monoisotopic (exact) mass is 866 g/mol. The largest absolute Gasteiger partial charge is 0.497 e. The van der Waals surface area contributed by atoms with E-state index >= 15 is 0 Å². The molecule has 330 valence electrons. The smallest absolute Gasteiger partial charge is 0.167 e. The Morgan fingerprint density at radius 3 is 1.63 bits per heavy atom. The molecular formula is C54H54N6O5. The van der Waals surface area contributed by atoms with Gasteiger partial charge in [0, 0.05) is 0 Å². The highest BCUT2D eigenvalue weighted by atomic mass is 16.5. The topological polar surface area (TPSA) is 136 Å². The van der Waals surface area contributed by atoms with Gasteiger partial charge in [0.1, 0.15) is 41.7 Å². The second-order valence-corrected chi connectivity index (χ2v) is 16.4. The zero-order valence-corrected chi connectivity index (χ0v) is 36.7. The van der Waals surface area contributed by atoms with Crippen LogP contribution in [0.1, 0.15) is 59.4 Å². The standard InChI is InChI=1S/C54H54N6O5/c1-4-5-34-55-45-47(61)48(49(62)53(37-18-10-6-11-19-37,38-20-12-7-13-21-38)39-26-30-43(63-2)31-27-39)65-52(45)60-36-58-46-50(56-35-57-51(46)60)59-54(40-22-14-8-15-23-40,41-24-16-9-17-25-41)42-28-32-44(64-3)33-29-42/h6-33,35-36,45,47-49,52,55,61-62H,4-5,34H2,1-3H3,(H,56,57,59)/t45?,47-,48-,49?,52+/m0/s1. The number of benzene rings is 6. The van der Waals surface area contributed by atoms with Crippen LogP contribution >= 0.6 is 0 Å². The van der Waals surface area contributed by atoms with Crippen molar-refractivity contribution in [2.24, 2.45) is 0 Å². The summed E-state index contributed by atoms with van der Waals surface area (Å²) in [5.41, 5.74) is 4.31. The molecule has 1 fully saturated rings. The van der Waals surface area contributed by atoms with Gasteiger partial charge in [-0.15, -0.1) is 0 Å². The molecule has 11 heteroatoms. The maximum atomic E-state index is 13.3. The molecule has 0 aliphatic carbocycles. The molecule has 0 saturated carbocycles. The third kappa shape index (κ3) is 7.91. The van der Waals surface area contributed by atoms with Gasteiger partial charge in [0.25, 0.3) is 0 Å². The molecule has 0 radical (unpaired) electrons. The molecule has 0 bridgehead atoms. The van der Waals surface area contributed by atoms with Crippen LogP contribution in [-0.4, -0.2) is 74.9 Å². The van der Waals surface area contributed by atoms with E-state index < -0.39 is 41.5 Å². The number of imidazole rings is 1. The first-order chi connectivity index (χ1) is 31.9. The number of rotatable bonds is 17. The summed E-state index contributed by atoms with van der Waals surface area (Å²) in [7, 11) is 3.29. The molecule has 5 atom stereocenters. The van der Waals surface area contributed by atoms with Gasteiger partial charge in [-0.05, 0) is 70.6 Å². The molecule has 1 aliphatic rings. The van der Waals surface area contributed by atoms with Crippen molar-refractivity contribution >= 4 is 17.0 Å². The number of hydrogen-bond acceptors (Lipinski definition) is 10. The second kappa shape index (κ2) is 19.1. The minimum Gasteiger partial charge on any atom is -0.497 e. The number of methoxy groups -OCH3 is 2. The molecule has 6 aromatic carbocycles. The van der Waals surface area contributed by atoms with Gasteiger partial charge in [0.15, 0.2) is 23.2 Å². The SMILES string of the molecule is CCCCNC1[C@H](n2cnc3c(NC(c4ccccc4)(c4ccccc4)c4ccc(OC)cc4)ncnc32)O[C@H](C(O)C(c2ccccc2)(c2ccccc2)c2ccc(OC)cc2)[C@H]1O. The average Bonchev–Trinajstić information content (AvgIpc) is 3.95. The molecule has 0 spiro atoms. The van der Waals surface area contributed by atoms with Crippen LogP contribution in [0.3, 0.4) is 0 Å². The van der Waals surface area contributed by atoms with Crippen LogP contribution in [0.4, 0.5) is 5.82 Å². The number of nitrogens with zero attached hydrogens (tertiary/aromatic N) is 4. The lowest BCUT2D eigenvalue weighted by atomic mass is 9.64. The van der Waals surface area contributed by atoms with Gasteiger partial charge in [0.2, 0.25) is 0 Å². The van der Waals surface area contributed by atoms with Crippen molar-refractivity contribution < 1.29 is 24.4 Å². The fraction of sp³-hybridized carbons (Fsp3) is 0.241. The summed E-state index contributed by atoms with van der Waals surface area (Å²) in [6, 6.07) is 55.5. The quantitative estimate of drug-likeness (QED) is 0.0521. The highest BCUT2D eigenvalue weighted by Crippen LogP contribution is 2.48. The van der Waals surface area contributed by atoms with Crippen LogP contribution in [0.2, 0.25) is 0 Å². The number of aliphatic hydroxyl groups is 2. The van der Waals surface area contributed by atoms with Crippen molar-refractivity contribution in [1.29, 1.82) is 0 Å². The Morgan fingerprint density at radius 2 is 1.12 bits per heavy atom. The second-order valence-electron chi connectivity index (χ2n) is 16.4. The summed E-state index contributed by atoms with van der Waals surface area (Å²) >= 11 is 0. The molecule has 3 heterocycles. The van der Waals surface area contributed by atoms with Crippen LogP contribution in [0.5, 0.6) is 11.5 Å². The van der Waals surface area contributed by atoms with Crippen LogP contribution in [0.25, 0.3) is 11.2 Å². The van der Waals surface area contributed by atoms with Gasteiger partial charge >= 0.3 is 0 Å². The van der Waals surface area contributed by atoms with E-state index in [1.54, 1.807) is 20.5 Å². The molecule has 0 amide bonds. The first kappa shape index (κ1) is 43.4. The van der Waals surface area contributed by atoms with Gasteiger partial charge in [-0.1, -0.05) is 159 Å². The molecular weight excluding hydrogens is 813 g/mol. The third-order valence-corrected chi connectivity index (χ3v) is 12.9. The van der Waals surface area contributed by atoms with E-state index in [-0.39, 0.29) is 0 Å². The molecule has 11 nitrogen and oxygen atoms in total. The van der Waals surface area contributed by atoms with Crippen molar-refractivity contribution in [3.8, 4) is 11.5 Å². The summed E-state index contributed by atoms with van der Waals surface area (Å²) in [5.74, 6) is 1.92. The Hall–Kier alpha value is -6.89. The highest BCUT2D eigenvalue weighted by Gasteiger charge is 2.55. The zero-order chi connectivity index (χ0) is 44.8. The van der Waals surface area contributed by atoms with Gasteiger partial charge in [0.05, 0.1) is 32.0 Å². The fourth-order valence-electron chi connectivity index (χ4n) is 9.62. The average molecular weight is 867 g/mol. The minimum atomic E-state index is -1.29. The van der Waals surface area contributed by atoms with E-state index in [4.69, 9.17) is 29.2 Å².